The molecule has 0 saturated carbocycles. The molecule has 6 nitrogen and oxygen atoms in total. The van der Waals surface area contributed by atoms with Crippen LogP contribution in [-0.2, 0) is 16.0 Å². The number of anilines is 2. The van der Waals surface area contributed by atoms with Crippen molar-refractivity contribution in [1.29, 1.82) is 0 Å². The number of aryl methyl sites for hydroxylation is 1. The van der Waals surface area contributed by atoms with Crippen LogP contribution in [0.2, 0.25) is 0 Å². The van der Waals surface area contributed by atoms with Crippen molar-refractivity contribution in [3.63, 3.8) is 0 Å². The van der Waals surface area contributed by atoms with Gasteiger partial charge in [-0.3, -0.25) is 4.79 Å². The zero-order valence-electron chi connectivity index (χ0n) is 17.9. The minimum atomic E-state index is -0.269. The minimum Gasteiger partial charge on any atom is -0.378 e. The number of rotatable bonds is 7. The monoisotopic (exact) mass is 436 g/mol. The Balaban J connectivity index is 1.33. The Labute approximate surface area is 187 Å². The smallest absolute Gasteiger partial charge is 0.237 e. The second kappa shape index (κ2) is 10.0. The Hall–Kier alpha value is -2.77. The van der Waals surface area contributed by atoms with Gasteiger partial charge in [-0.2, -0.15) is 0 Å². The van der Waals surface area contributed by atoms with E-state index in [9.17, 15) is 4.79 Å². The maximum atomic E-state index is 12.7. The van der Waals surface area contributed by atoms with Gasteiger partial charge in [0, 0.05) is 36.6 Å². The topological polar surface area (TPSA) is 70.2 Å². The Kier molecular flexibility index (Phi) is 6.94. The van der Waals surface area contributed by atoms with Crippen LogP contribution in [0.3, 0.4) is 0 Å². The normalized spacial score (nSPS) is 15.0. The van der Waals surface area contributed by atoms with E-state index in [1.807, 2.05) is 56.3 Å². The van der Waals surface area contributed by atoms with Crippen LogP contribution in [0.25, 0.3) is 0 Å². The van der Waals surface area contributed by atoms with Gasteiger partial charge in [-0.15, -0.1) is 0 Å². The standard InChI is InChI=1S/C24H28N4O2S/c1-17-22(16-19-6-4-3-5-7-19)27-24(25-17)31-18(2)23(29)26-20-8-10-21(11-9-20)28-12-14-30-15-13-28/h3-11,18H,12-16H2,1-2H3,(H,25,27)(H,26,29)/t18-/m1/s1. The molecule has 1 aliphatic rings. The number of carbonyl (C=O) groups is 1. The van der Waals surface area contributed by atoms with Crippen LogP contribution in [0, 0.1) is 6.92 Å². The van der Waals surface area contributed by atoms with Gasteiger partial charge >= 0.3 is 0 Å². The largest absolute Gasteiger partial charge is 0.378 e. The number of aromatic nitrogens is 2. The summed E-state index contributed by atoms with van der Waals surface area (Å²) in [7, 11) is 0. The van der Waals surface area contributed by atoms with Crippen LogP contribution >= 0.6 is 11.8 Å². The lowest BCUT2D eigenvalue weighted by Crippen LogP contribution is -2.36. The summed E-state index contributed by atoms with van der Waals surface area (Å²) in [6.45, 7) is 7.23. The summed E-state index contributed by atoms with van der Waals surface area (Å²) in [4.78, 5) is 23.0. The maximum Gasteiger partial charge on any atom is 0.237 e. The van der Waals surface area contributed by atoms with Gasteiger partial charge in [-0.25, -0.2) is 4.98 Å². The highest BCUT2D eigenvalue weighted by molar-refractivity contribution is 8.00. The lowest BCUT2D eigenvalue weighted by atomic mass is 10.1. The maximum absolute atomic E-state index is 12.7. The van der Waals surface area contributed by atoms with Crippen molar-refractivity contribution in [2.75, 3.05) is 36.5 Å². The predicted molar refractivity (Wildman–Crippen MR) is 126 cm³/mol. The molecule has 2 aromatic carbocycles. The third-order valence-corrected chi connectivity index (χ3v) is 6.33. The van der Waals surface area contributed by atoms with E-state index in [4.69, 9.17) is 9.72 Å². The van der Waals surface area contributed by atoms with E-state index in [0.717, 1.165) is 60.6 Å². The van der Waals surface area contributed by atoms with Crippen molar-refractivity contribution < 1.29 is 9.53 Å². The molecule has 4 rings (SSSR count). The molecule has 7 heteroatoms. The molecule has 2 heterocycles. The van der Waals surface area contributed by atoms with E-state index >= 15 is 0 Å². The fourth-order valence-corrected chi connectivity index (χ4v) is 4.40. The summed E-state index contributed by atoms with van der Waals surface area (Å²) in [5, 5.41) is 3.51. The molecule has 1 fully saturated rings. The van der Waals surface area contributed by atoms with E-state index < -0.39 is 0 Å². The Morgan fingerprint density at radius 3 is 2.58 bits per heavy atom. The zero-order chi connectivity index (χ0) is 21.6. The first kappa shape index (κ1) is 21.5. The Morgan fingerprint density at radius 1 is 1.16 bits per heavy atom. The van der Waals surface area contributed by atoms with Crippen LogP contribution in [0.15, 0.2) is 59.8 Å². The molecule has 0 spiro atoms. The molecule has 1 atom stereocenters. The number of amides is 1. The number of imidazole rings is 1. The first-order valence-corrected chi connectivity index (χ1v) is 11.5. The zero-order valence-corrected chi connectivity index (χ0v) is 18.7. The van der Waals surface area contributed by atoms with E-state index in [1.54, 1.807) is 0 Å². The lowest BCUT2D eigenvalue weighted by molar-refractivity contribution is -0.115. The second-order valence-corrected chi connectivity index (χ2v) is 9.00. The molecule has 1 saturated heterocycles. The lowest BCUT2D eigenvalue weighted by Gasteiger charge is -2.28. The van der Waals surface area contributed by atoms with Crippen molar-refractivity contribution in [1.82, 2.24) is 9.97 Å². The van der Waals surface area contributed by atoms with Crippen molar-refractivity contribution >= 4 is 29.0 Å². The van der Waals surface area contributed by atoms with Crippen LogP contribution < -0.4 is 10.2 Å². The summed E-state index contributed by atoms with van der Waals surface area (Å²) >= 11 is 1.44. The van der Waals surface area contributed by atoms with E-state index in [2.05, 4.69) is 27.3 Å². The molecule has 3 aromatic rings. The van der Waals surface area contributed by atoms with Gasteiger partial charge in [0.15, 0.2) is 5.16 Å². The molecule has 1 aromatic heterocycles. The van der Waals surface area contributed by atoms with Gasteiger partial charge in [0.1, 0.15) is 0 Å². The third-order valence-electron chi connectivity index (χ3n) is 5.35. The van der Waals surface area contributed by atoms with Crippen LogP contribution in [-0.4, -0.2) is 47.4 Å². The number of nitrogens with zero attached hydrogens (tertiary/aromatic N) is 2. The van der Waals surface area contributed by atoms with Gasteiger partial charge in [-0.05, 0) is 43.7 Å². The highest BCUT2D eigenvalue weighted by Crippen LogP contribution is 2.25. The Bertz CT molecular complexity index is 998. The number of aromatic amines is 1. The quantitative estimate of drug-likeness (QED) is 0.542. The molecule has 1 aliphatic heterocycles. The molecule has 162 valence electrons. The number of hydrogen-bond donors (Lipinski definition) is 2. The van der Waals surface area contributed by atoms with Gasteiger partial charge in [0.25, 0.3) is 0 Å². The summed E-state index contributed by atoms with van der Waals surface area (Å²) in [5.74, 6) is -0.0391. The van der Waals surface area contributed by atoms with Crippen LogP contribution in [0.5, 0.6) is 0 Å². The summed E-state index contributed by atoms with van der Waals surface area (Å²) in [6, 6.07) is 18.3. The first-order chi connectivity index (χ1) is 15.1. The average molecular weight is 437 g/mol. The van der Waals surface area contributed by atoms with E-state index in [-0.39, 0.29) is 11.2 Å². The molecule has 0 radical (unpaired) electrons. The predicted octanol–water partition coefficient (Wildman–Crippen LogP) is 4.26. The van der Waals surface area contributed by atoms with Crippen molar-refractivity contribution in [3.05, 3.63) is 71.5 Å². The highest BCUT2D eigenvalue weighted by atomic mass is 32.2. The average Bonchev–Trinajstić information content (AvgIpc) is 3.14. The van der Waals surface area contributed by atoms with Gasteiger partial charge in [0.05, 0.1) is 24.2 Å². The van der Waals surface area contributed by atoms with E-state index in [0.29, 0.717) is 0 Å². The van der Waals surface area contributed by atoms with Crippen LogP contribution in [0.4, 0.5) is 11.4 Å². The number of morpholine rings is 1. The van der Waals surface area contributed by atoms with Gasteiger partial charge < -0.3 is 19.9 Å². The number of nitrogens with one attached hydrogen (secondary N) is 2. The number of carbonyl (C=O) groups excluding carboxylic acids is 1. The molecule has 31 heavy (non-hydrogen) atoms. The fraction of sp³-hybridized carbons (Fsp3) is 0.333. The molecule has 0 bridgehead atoms. The van der Waals surface area contributed by atoms with Gasteiger partial charge in [-0.1, -0.05) is 42.1 Å². The molecule has 0 aliphatic carbocycles. The molecular formula is C24H28N4O2S. The number of hydrogen-bond acceptors (Lipinski definition) is 5. The number of ether oxygens (including phenoxy) is 1. The molecule has 2 N–H and O–H groups in total. The summed E-state index contributed by atoms with van der Waals surface area (Å²) in [6.07, 6.45) is 0.778. The third kappa shape index (κ3) is 5.68. The van der Waals surface area contributed by atoms with Crippen molar-refractivity contribution in [2.24, 2.45) is 0 Å². The highest BCUT2D eigenvalue weighted by Gasteiger charge is 2.18. The summed E-state index contributed by atoms with van der Waals surface area (Å²) < 4.78 is 5.40. The minimum absolute atomic E-state index is 0.0391. The molecular weight excluding hydrogens is 408 g/mol. The number of H-pyrrole nitrogens is 1. The second-order valence-electron chi connectivity index (χ2n) is 7.67. The van der Waals surface area contributed by atoms with Crippen molar-refractivity contribution in [3.8, 4) is 0 Å². The number of thioether (sulfide) groups is 1. The fourth-order valence-electron chi connectivity index (χ4n) is 3.53. The summed E-state index contributed by atoms with van der Waals surface area (Å²) in [5.41, 5.74) is 5.23. The molecule has 0 unspecified atom stereocenters. The van der Waals surface area contributed by atoms with Crippen LogP contribution in [0.1, 0.15) is 23.9 Å². The van der Waals surface area contributed by atoms with Gasteiger partial charge in [0.2, 0.25) is 5.91 Å². The van der Waals surface area contributed by atoms with E-state index in [1.165, 1.54) is 17.3 Å². The SMILES string of the molecule is Cc1[nH]c(S[C@H](C)C(=O)Nc2ccc(N3CCOCC3)cc2)nc1Cc1ccccc1. The first-order valence-electron chi connectivity index (χ1n) is 10.6. The Morgan fingerprint density at radius 2 is 1.87 bits per heavy atom. The molecule has 1 amide bonds. The number of benzene rings is 2. The van der Waals surface area contributed by atoms with Crippen molar-refractivity contribution in [2.45, 2.75) is 30.7 Å².